The zero-order valence-corrected chi connectivity index (χ0v) is 13.4. The van der Waals surface area contributed by atoms with Crippen molar-refractivity contribution in [3.63, 3.8) is 0 Å². The predicted octanol–water partition coefficient (Wildman–Crippen LogP) is 2.21. The molecule has 0 radical (unpaired) electrons. The van der Waals surface area contributed by atoms with Gasteiger partial charge in [-0.1, -0.05) is 18.2 Å². The minimum absolute atomic E-state index is 0.347. The molecule has 5 heteroatoms. The van der Waals surface area contributed by atoms with Crippen LogP contribution in [0.3, 0.4) is 0 Å². The molecule has 1 aromatic carbocycles. The molecule has 1 unspecified atom stereocenters. The lowest BCUT2D eigenvalue weighted by molar-refractivity contribution is -0.145. The van der Waals surface area contributed by atoms with E-state index in [9.17, 15) is 9.59 Å². The Kier molecular flexibility index (Phi) is 7.02. The van der Waals surface area contributed by atoms with Gasteiger partial charge in [0, 0.05) is 32.5 Å². The van der Waals surface area contributed by atoms with Crippen molar-refractivity contribution in [2.75, 3.05) is 32.6 Å². The average molecular weight is 302 g/mol. The molecule has 0 fully saturated rings. The molecule has 0 aliphatic carbocycles. The lowest BCUT2D eigenvalue weighted by Gasteiger charge is -2.11. The molecule has 1 atom stereocenters. The average Bonchev–Trinajstić information content (AvgIpc) is 2.53. The van der Waals surface area contributed by atoms with Crippen LogP contribution < -0.4 is 4.90 Å². The molecule has 0 bridgehead atoms. The van der Waals surface area contributed by atoms with Gasteiger partial charge in [0.25, 0.3) is 0 Å². The van der Waals surface area contributed by atoms with Crippen LogP contribution in [-0.2, 0) is 14.3 Å². The van der Waals surface area contributed by atoms with E-state index in [1.165, 1.54) is 19.4 Å². The van der Waals surface area contributed by atoms with Crippen LogP contribution >= 0.6 is 0 Å². The number of anilines is 1. The summed E-state index contributed by atoms with van der Waals surface area (Å²) in [6.45, 7) is 2.34. The Balaban J connectivity index is 2.83. The van der Waals surface area contributed by atoms with Crippen molar-refractivity contribution < 1.29 is 14.3 Å². The molecule has 1 aromatic rings. The number of benzene rings is 1. The maximum atomic E-state index is 12.1. The highest BCUT2D eigenvalue weighted by molar-refractivity contribution is 6.17. The first-order valence-corrected chi connectivity index (χ1v) is 7.06. The number of ether oxygens (including phenoxy) is 1. The van der Waals surface area contributed by atoms with Crippen LogP contribution in [0, 0.1) is 5.92 Å². The van der Waals surface area contributed by atoms with Gasteiger partial charge < -0.3 is 9.64 Å². The fraction of sp³-hybridized carbons (Fsp3) is 0.353. The highest BCUT2D eigenvalue weighted by Gasteiger charge is 2.23. The van der Waals surface area contributed by atoms with Gasteiger partial charge in [-0.3, -0.25) is 14.6 Å². The van der Waals surface area contributed by atoms with Crippen LogP contribution in [0.1, 0.15) is 12.5 Å². The van der Waals surface area contributed by atoms with Crippen molar-refractivity contribution in [2.24, 2.45) is 10.9 Å². The molecule has 1 rings (SSSR count). The largest absolute Gasteiger partial charge is 0.468 e. The molecular weight excluding hydrogens is 280 g/mol. The summed E-state index contributed by atoms with van der Waals surface area (Å²) in [5, 5.41) is 0. The quantitative estimate of drug-likeness (QED) is 0.335. The van der Waals surface area contributed by atoms with E-state index in [-0.39, 0.29) is 5.78 Å². The highest BCUT2D eigenvalue weighted by atomic mass is 16.5. The van der Waals surface area contributed by atoms with Crippen molar-refractivity contribution in [2.45, 2.75) is 6.92 Å². The zero-order valence-electron chi connectivity index (χ0n) is 13.4. The van der Waals surface area contributed by atoms with Crippen molar-refractivity contribution in [1.82, 2.24) is 0 Å². The first-order valence-electron chi connectivity index (χ1n) is 7.06. The maximum absolute atomic E-state index is 12.1. The molecule has 0 amide bonds. The fourth-order valence-corrected chi connectivity index (χ4v) is 1.75. The van der Waals surface area contributed by atoms with Crippen LogP contribution in [-0.4, -0.2) is 45.7 Å². The summed E-state index contributed by atoms with van der Waals surface area (Å²) in [5.74, 6) is -1.93. The third-order valence-corrected chi connectivity index (χ3v) is 3.05. The number of nitrogens with zero attached hydrogens (tertiary/aromatic N) is 2. The number of esters is 1. The maximum Gasteiger partial charge on any atom is 0.322 e. The molecule has 0 aliphatic heterocycles. The zero-order chi connectivity index (χ0) is 16.5. The molecule has 0 saturated carbocycles. The molecule has 118 valence electrons. The second kappa shape index (κ2) is 8.77. The Morgan fingerprint density at radius 3 is 2.41 bits per heavy atom. The van der Waals surface area contributed by atoms with Crippen LogP contribution in [0.5, 0.6) is 0 Å². The smallest absolute Gasteiger partial charge is 0.322 e. The van der Waals surface area contributed by atoms with E-state index in [2.05, 4.69) is 9.73 Å². The predicted molar refractivity (Wildman–Crippen MR) is 89.3 cm³/mol. The van der Waals surface area contributed by atoms with Gasteiger partial charge in [0.05, 0.1) is 7.11 Å². The molecule has 0 heterocycles. The standard InChI is InChI=1S/C17H22N2O3/c1-5-18-12-15(17(21)22-4)16(20)11-8-13-6-9-14(10-7-13)19(2)3/h6-12,15H,5H2,1-4H3. The van der Waals surface area contributed by atoms with E-state index in [1.54, 1.807) is 6.08 Å². The van der Waals surface area contributed by atoms with Crippen LogP contribution in [0.4, 0.5) is 5.69 Å². The van der Waals surface area contributed by atoms with E-state index in [4.69, 9.17) is 0 Å². The van der Waals surface area contributed by atoms with Crippen molar-refractivity contribution in [1.29, 1.82) is 0 Å². The van der Waals surface area contributed by atoms with E-state index < -0.39 is 11.9 Å². The normalized spacial score (nSPS) is 12.5. The Hall–Kier alpha value is -2.43. The number of hydrogen-bond donors (Lipinski definition) is 0. The summed E-state index contributed by atoms with van der Waals surface area (Å²) in [6.07, 6.45) is 4.40. The molecular formula is C17H22N2O3. The summed E-state index contributed by atoms with van der Waals surface area (Å²) < 4.78 is 4.63. The van der Waals surface area contributed by atoms with Gasteiger partial charge in [0.15, 0.2) is 11.7 Å². The topological polar surface area (TPSA) is 59.0 Å². The SMILES string of the molecule is CCN=CC(C(=O)C=Cc1ccc(N(C)C)cc1)C(=O)OC. The van der Waals surface area contributed by atoms with Crippen molar-refractivity contribution in [3.05, 3.63) is 35.9 Å². The first-order chi connectivity index (χ1) is 10.5. The lowest BCUT2D eigenvalue weighted by atomic mass is 10.0. The van der Waals surface area contributed by atoms with Crippen LogP contribution in [0.15, 0.2) is 35.3 Å². The molecule has 22 heavy (non-hydrogen) atoms. The summed E-state index contributed by atoms with van der Waals surface area (Å²) in [4.78, 5) is 29.7. The lowest BCUT2D eigenvalue weighted by Crippen LogP contribution is -2.25. The number of carbonyl (C=O) groups is 2. The second-order valence-corrected chi connectivity index (χ2v) is 4.87. The summed E-state index contributed by atoms with van der Waals surface area (Å²) in [5.41, 5.74) is 1.96. The van der Waals surface area contributed by atoms with Crippen molar-refractivity contribution in [3.8, 4) is 0 Å². The Morgan fingerprint density at radius 1 is 1.27 bits per heavy atom. The number of allylic oxidation sites excluding steroid dienone is 1. The summed E-state index contributed by atoms with van der Waals surface area (Å²) >= 11 is 0. The van der Waals surface area contributed by atoms with E-state index >= 15 is 0 Å². The Morgan fingerprint density at radius 2 is 1.91 bits per heavy atom. The highest BCUT2D eigenvalue weighted by Crippen LogP contribution is 2.13. The number of ketones is 1. The minimum Gasteiger partial charge on any atom is -0.468 e. The third kappa shape index (κ3) is 5.16. The van der Waals surface area contributed by atoms with Gasteiger partial charge in [-0.2, -0.15) is 0 Å². The second-order valence-electron chi connectivity index (χ2n) is 4.87. The number of hydrogen-bond acceptors (Lipinski definition) is 5. The molecule has 0 N–H and O–H groups in total. The molecule has 0 saturated heterocycles. The van der Waals surface area contributed by atoms with E-state index in [0.29, 0.717) is 6.54 Å². The number of rotatable bonds is 7. The minimum atomic E-state index is -0.984. The van der Waals surface area contributed by atoms with E-state index in [0.717, 1.165) is 11.3 Å². The molecule has 5 nitrogen and oxygen atoms in total. The van der Waals surface area contributed by atoms with Gasteiger partial charge in [-0.05, 0) is 30.7 Å². The van der Waals surface area contributed by atoms with Crippen molar-refractivity contribution >= 4 is 29.7 Å². The third-order valence-electron chi connectivity index (χ3n) is 3.05. The number of carbonyl (C=O) groups excluding carboxylic acids is 2. The summed E-state index contributed by atoms with van der Waals surface area (Å²) in [7, 11) is 5.18. The monoisotopic (exact) mass is 302 g/mol. The molecule has 0 aliphatic rings. The molecule has 0 spiro atoms. The number of methoxy groups -OCH3 is 1. The van der Waals surface area contributed by atoms with Crippen LogP contribution in [0.2, 0.25) is 0 Å². The van der Waals surface area contributed by atoms with Gasteiger partial charge in [-0.25, -0.2) is 0 Å². The molecule has 0 aromatic heterocycles. The summed E-state index contributed by atoms with van der Waals surface area (Å²) in [6, 6.07) is 7.74. The number of aliphatic imine (C=N–C) groups is 1. The van der Waals surface area contributed by atoms with Gasteiger partial charge >= 0.3 is 5.97 Å². The Labute approximate surface area is 131 Å². The van der Waals surface area contributed by atoms with Gasteiger partial charge in [0.1, 0.15) is 0 Å². The van der Waals surface area contributed by atoms with Gasteiger partial charge in [-0.15, -0.1) is 0 Å². The fourth-order valence-electron chi connectivity index (χ4n) is 1.75. The van der Waals surface area contributed by atoms with Gasteiger partial charge in [0.2, 0.25) is 0 Å². The van der Waals surface area contributed by atoms with E-state index in [1.807, 2.05) is 50.2 Å². The first kappa shape index (κ1) is 17.6. The van der Waals surface area contributed by atoms with Crippen LogP contribution in [0.25, 0.3) is 6.08 Å². The Bertz CT molecular complexity index is 560.